The molecule has 0 aliphatic heterocycles. The molecule has 3 aromatic rings. The topological polar surface area (TPSA) is 86.7 Å². The third-order valence-corrected chi connectivity index (χ3v) is 2.57. The number of rotatable bonds is 2. The summed E-state index contributed by atoms with van der Waals surface area (Å²) in [6.45, 7) is 1.92. The molecular formula is C12H11N5O. The van der Waals surface area contributed by atoms with Gasteiger partial charge in [0.15, 0.2) is 5.82 Å². The molecule has 6 nitrogen and oxygen atoms in total. The van der Waals surface area contributed by atoms with Gasteiger partial charge in [0.1, 0.15) is 17.9 Å². The van der Waals surface area contributed by atoms with Crippen molar-refractivity contribution in [3.05, 3.63) is 36.3 Å². The van der Waals surface area contributed by atoms with E-state index >= 15 is 0 Å². The highest BCUT2D eigenvalue weighted by molar-refractivity contribution is 5.91. The number of aromatic nitrogens is 4. The van der Waals surface area contributed by atoms with Crippen LogP contribution in [0.2, 0.25) is 0 Å². The average Bonchev–Trinajstić information content (AvgIpc) is 2.75. The number of anilines is 2. The molecule has 3 rings (SSSR count). The third-order valence-electron chi connectivity index (χ3n) is 2.57. The summed E-state index contributed by atoms with van der Waals surface area (Å²) < 4.78 is 0. The Balaban J connectivity index is 2.06. The van der Waals surface area contributed by atoms with E-state index in [1.54, 1.807) is 18.2 Å². The van der Waals surface area contributed by atoms with Crippen molar-refractivity contribution in [2.45, 2.75) is 6.92 Å². The van der Waals surface area contributed by atoms with E-state index in [-0.39, 0.29) is 5.75 Å². The van der Waals surface area contributed by atoms with Crippen LogP contribution in [0.15, 0.2) is 30.6 Å². The van der Waals surface area contributed by atoms with E-state index < -0.39 is 0 Å². The fourth-order valence-electron chi connectivity index (χ4n) is 1.75. The van der Waals surface area contributed by atoms with Gasteiger partial charge in [-0.2, -0.15) is 5.10 Å². The normalized spacial score (nSPS) is 10.7. The molecular weight excluding hydrogens is 230 g/mol. The van der Waals surface area contributed by atoms with Crippen molar-refractivity contribution < 1.29 is 5.11 Å². The van der Waals surface area contributed by atoms with Crippen LogP contribution in [0.1, 0.15) is 5.69 Å². The van der Waals surface area contributed by atoms with Gasteiger partial charge in [0.25, 0.3) is 0 Å². The smallest absolute Gasteiger partial charge is 0.153 e. The quantitative estimate of drug-likeness (QED) is 0.639. The highest BCUT2D eigenvalue weighted by Crippen LogP contribution is 2.24. The lowest BCUT2D eigenvalue weighted by Gasteiger charge is -2.05. The van der Waals surface area contributed by atoms with Gasteiger partial charge in [-0.3, -0.25) is 5.10 Å². The minimum Gasteiger partial charge on any atom is -0.508 e. The fourth-order valence-corrected chi connectivity index (χ4v) is 1.75. The van der Waals surface area contributed by atoms with Crippen LogP contribution in [0.5, 0.6) is 5.75 Å². The minimum atomic E-state index is 0.183. The maximum Gasteiger partial charge on any atom is 0.153 e. The van der Waals surface area contributed by atoms with E-state index in [1.807, 2.05) is 13.0 Å². The number of nitrogens with zero attached hydrogens (tertiary/aromatic N) is 3. The second-order valence-corrected chi connectivity index (χ2v) is 3.98. The molecule has 0 spiro atoms. The van der Waals surface area contributed by atoms with Crippen LogP contribution in [0.4, 0.5) is 11.6 Å². The molecule has 3 N–H and O–H groups in total. The van der Waals surface area contributed by atoms with Gasteiger partial charge in [0, 0.05) is 23.2 Å². The highest BCUT2D eigenvalue weighted by Gasteiger charge is 2.06. The number of benzene rings is 1. The highest BCUT2D eigenvalue weighted by atomic mass is 16.3. The molecule has 0 fully saturated rings. The molecule has 0 atom stereocenters. The molecule has 0 radical (unpaired) electrons. The molecule has 6 heteroatoms. The number of hydrogen-bond acceptors (Lipinski definition) is 5. The summed E-state index contributed by atoms with van der Waals surface area (Å²) in [6, 6.07) is 6.85. The number of aromatic amines is 1. The number of nitrogens with one attached hydrogen (secondary N) is 2. The fraction of sp³-hybridized carbons (Fsp3) is 0.0833. The second-order valence-electron chi connectivity index (χ2n) is 3.98. The van der Waals surface area contributed by atoms with Crippen LogP contribution >= 0.6 is 0 Å². The number of aromatic hydroxyl groups is 1. The summed E-state index contributed by atoms with van der Waals surface area (Å²) in [5.41, 5.74) is 1.65. The number of phenols is 1. The first-order valence-corrected chi connectivity index (χ1v) is 5.45. The van der Waals surface area contributed by atoms with Crippen molar-refractivity contribution in [3.63, 3.8) is 0 Å². The van der Waals surface area contributed by atoms with Crippen LogP contribution in [-0.2, 0) is 0 Å². The van der Waals surface area contributed by atoms with E-state index in [4.69, 9.17) is 0 Å². The zero-order valence-electron chi connectivity index (χ0n) is 9.68. The molecule has 2 aromatic heterocycles. The van der Waals surface area contributed by atoms with Crippen molar-refractivity contribution in [3.8, 4) is 5.75 Å². The van der Waals surface area contributed by atoms with Gasteiger partial charge >= 0.3 is 0 Å². The Morgan fingerprint density at radius 3 is 2.89 bits per heavy atom. The van der Waals surface area contributed by atoms with Gasteiger partial charge in [-0.15, -0.1) is 0 Å². The Hall–Kier alpha value is -2.63. The number of fused-ring (bicyclic) bond motifs is 1. The van der Waals surface area contributed by atoms with Gasteiger partial charge in [-0.1, -0.05) is 0 Å². The summed E-state index contributed by atoms with van der Waals surface area (Å²) in [5.74, 6) is 1.54. The molecule has 0 bridgehead atoms. The Bertz CT molecular complexity index is 707. The number of hydrogen-bond donors (Lipinski definition) is 3. The summed E-state index contributed by atoms with van der Waals surface area (Å²) in [5, 5.41) is 20.3. The minimum absolute atomic E-state index is 0.183. The molecule has 0 saturated heterocycles. The average molecular weight is 241 g/mol. The van der Waals surface area contributed by atoms with Gasteiger partial charge < -0.3 is 10.4 Å². The first kappa shape index (κ1) is 10.5. The zero-order chi connectivity index (χ0) is 12.5. The van der Waals surface area contributed by atoms with Gasteiger partial charge in [-0.25, -0.2) is 9.97 Å². The van der Waals surface area contributed by atoms with Crippen molar-refractivity contribution in [2.24, 2.45) is 0 Å². The van der Waals surface area contributed by atoms with E-state index in [2.05, 4.69) is 25.5 Å². The third kappa shape index (κ3) is 1.84. The summed E-state index contributed by atoms with van der Waals surface area (Å²) >= 11 is 0. The Morgan fingerprint density at radius 1 is 1.22 bits per heavy atom. The zero-order valence-corrected chi connectivity index (χ0v) is 9.68. The van der Waals surface area contributed by atoms with Gasteiger partial charge in [0.05, 0.1) is 5.52 Å². The predicted molar refractivity (Wildman–Crippen MR) is 67.8 cm³/mol. The van der Waals surface area contributed by atoms with Crippen molar-refractivity contribution in [2.75, 3.05) is 5.32 Å². The van der Waals surface area contributed by atoms with E-state index in [0.717, 1.165) is 11.1 Å². The van der Waals surface area contributed by atoms with E-state index in [9.17, 15) is 5.11 Å². The first-order valence-electron chi connectivity index (χ1n) is 5.45. The van der Waals surface area contributed by atoms with Crippen LogP contribution in [-0.4, -0.2) is 25.3 Å². The van der Waals surface area contributed by atoms with E-state index in [1.165, 1.54) is 6.33 Å². The monoisotopic (exact) mass is 241 g/mol. The Labute approximate surface area is 103 Å². The Kier molecular flexibility index (Phi) is 2.33. The van der Waals surface area contributed by atoms with Gasteiger partial charge in [-0.05, 0) is 19.1 Å². The molecule has 0 aliphatic rings. The van der Waals surface area contributed by atoms with Crippen LogP contribution < -0.4 is 5.32 Å². The number of aryl methyl sites for hydroxylation is 1. The van der Waals surface area contributed by atoms with Crippen LogP contribution in [0, 0.1) is 6.92 Å². The first-order chi connectivity index (χ1) is 8.72. The summed E-state index contributed by atoms with van der Waals surface area (Å²) in [6.07, 6.45) is 1.45. The van der Waals surface area contributed by atoms with Gasteiger partial charge in [0.2, 0.25) is 0 Å². The molecule has 0 aliphatic carbocycles. The standard InChI is InChI=1S/C12H11N5O/c1-7-4-11(17-16-7)15-12-9-3-2-8(18)5-10(9)13-6-14-12/h2-6,18H,1H3,(H2,13,14,15,16,17). The van der Waals surface area contributed by atoms with E-state index in [0.29, 0.717) is 17.2 Å². The molecule has 90 valence electrons. The molecule has 0 amide bonds. The largest absolute Gasteiger partial charge is 0.508 e. The molecule has 18 heavy (non-hydrogen) atoms. The van der Waals surface area contributed by atoms with Crippen molar-refractivity contribution in [1.82, 2.24) is 20.2 Å². The molecule has 1 aromatic carbocycles. The number of H-pyrrole nitrogens is 1. The summed E-state index contributed by atoms with van der Waals surface area (Å²) in [7, 11) is 0. The molecule has 0 unspecified atom stereocenters. The Morgan fingerprint density at radius 2 is 2.11 bits per heavy atom. The maximum atomic E-state index is 9.42. The van der Waals surface area contributed by atoms with Crippen LogP contribution in [0.25, 0.3) is 10.9 Å². The lowest BCUT2D eigenvalue weighted by molar-refractivity contribution is 0.476. The molecule has 2 heterocycles. The van der Waals surface area contributed by atoms with Crippen LogP contribution in [0.3, 0.4) is 0 Å². The summed E-state index contributed by atoms with van der Waals surface area (Å²) in [4.78, 5) is 8.29. The molecule has 0 saturated carbocycles. The van der Waals surface area contributed by atoms with Crippen molar-refractivity contribution in [1.29, 1.82) is 0 Å². The maximum absolute atomic E-state index is 9.42. The SMILES string of the molecule is Cc1cc(Nc2ncnc3cc(O)ccc23)n[nH]1. The predicted octanol–water partition coefficient (Wildman–Crippen LogP) is 2.11. The second kappa shape index (κ2) is 3.99. The number of phenolic OH excluding ortho intramolecular Hbond substituents is 1. The van der Waals surface area contributed by atoms with Crippen molar-refractivity contribution >= 4 is 22.5 Å². The lowest BCUT2D eigenvalue weighted by atomic mass is 10.2. The lowest BCUT2D eigenvalue weighted by Crippen LogP contribution is -1.96.